The van der Waals surface area contributed by atoms with E-state index in [0.717, 1.165) is 10.6 Å². The third kappa shape index (κ3) is 4.17. The molecule has 0 aliphatic carbocycles. The van der Waals surface area contributed by atoms with Gasteiger partial charge in [0.05, 0.1) is 24.8 Å². The maximum Gasteiger partial charge on any atom is 0.305 e. The second-order valence-electron chi connectivity index (χ2n) is 2.97. The fraction of sp³-hybridized carbons (Fsp3) is 0.333. The number of aliphatic carboxylic acids is 1. The minimum atomic E-state index is -0.949. The first-order valence-electron chi connectivity index (χ1n) is 4.41. The van der Waals surface area contributed by atoms with Gasteiger partial charge >= 0.3 is 5.97 Å². The van der Waals surface area contributed by atoms with Gasteiger partial charge in [0, 0.05) is 12.4 Å². The third-order valence-electron chi connectivity index (χ3n) is 1.79. The lowest BCUT2D eigenvalue weighted by atomic mass is 10.3. The van der Waals surface area contributed by atoms with Crippen molar-refractivity contribution >= 4 is 5.97 Å². The summed E-state index contributed by atoms with van der Waals surface area (Å²) in [6.07, 6.45) is 3.13. The molecule has 0 saturated heterocycles. The Labute approximate surface area is 86.5 Å². The van der Waals surface area contributed by atoms with E-state index in [1.807, 2.05) is 0 Å². The number of rotatable bonds is 6. The topological polar surface area (TPSA) is 82.9 Å². The highest BCUT2D eigenvalue weighted by atomic mass is 16.4. The lowest BCUT2D eigenvalue weighted by molar-refractivity contribution is -0.137. The molecule has 1 rings (SSSR count). The van der Waals surface area contributed by atoms with Gasteiger partial charge in [0.25, 0.3) is 0 Å². The van der Waals surface area contributed by atoms with Crippen LogP contribution in [0.5, 0.6) is 0 Å². The minimum absolute atomic E-state index is 0.105. The summed E-state index contributed by atoms with van der Waals surface area (Å²) in [7, 11) is 0. The summed E-state index contributed by atoms with van der Waals surface area (Å²) in [4.78, 5) is 24.6. The number of pyridine rings is 1. The molecule has 0 fully saturated rings. The van der Waals surface area contributed by atoms with E-state index in [2.05, 4.69) is 10.3 Å². The van der Waals surface area contributed by atoms with Crippen LogP contribution in [0.15, 0.2) is 29.8 Å². The normalized spacial score (nSPS) is 9.60. The monoisotopic (exact) mass is 209 g/mol. The van der Waals surface area contributed by atoms with Crippen molar-refractivity contribution in [3.63, 3.8) is 0 Å². The molecular formula is C9H11N3O3. The molecule has 0 aromatic carbocycles. The van der Waals surface area contributed by atoms with Gasteiger partial charge in [0.1, 0.15) is 0 Å². The number of hydrogen-bond acceptors (Lipinski definition) is 4. The molecular weight excluding hydrogens is 198 g/mol. The van der Waals surface area contributed by atoms with Gasteiger partial charge in [0.2, 0.25) is 0 Å². The van der Waals surface area contributed by atoms with Crippen molar-refractivity contribution in [2.24, 2.45) is 5.29 Å². The molecule has 15 heavy (non-hydrogen) atoms. The van der Waals surface area contributed by atoms with Crippen LogP contribution in [0.3, 0.4) is 0 Å². The second-order valence-corrected chi connectivity index (χ2v) is 2.97. The number of hydrogen-bond donors (Lipinski definition) is 1. The summed E-state index contributed by atoms with van der Waals surface area (Å²) < 4.78 is 0. The van der Waals surface area contributed by atoms with E-state index < -0.39 is 5.97 Å². The van der Waals surface area contributed by atoms with E-state index in [1.54, 1.807) is 24.5 Å². The van der Waals surface area contributed by atoms with Gasteiger partial charge < -0.3 is 5.11 Å². The van der Waals surface area contributed by atoms with Crippen molar-refractivity contribution in [1.82, 2.24) is 9.99 Å². The van der Waals surface area contributed by atoms with Crippen molar-refractivity contribution < 1.29 is 9.90 Å². The summed E-state index contributed by atoms with van der Waals surface area (Å²) in [5, 5.41) is 12.3. The standard InChI is InChI=1S/C9H11N3O3/c13-9(14)3-5-12(11-15)7-8-2-1-4-10-6-8/h1-2,4,6H,3,5,7H2,(H,13,14). The molecule has 1 N–H and O–H groups in total. The van der Waals surface area contributed by atoms with Crippen LogP contribution in [0, 0.1) is 4.91 Å². The van der Waals surface area contributed by atoms with Crippen LogP contribution in [-0.2, 0) is 11.3 Å². The Morgan fingerprint density at radius 1 is 1.60 bits per heavy atom. The molecule has 1 aromatic heterocycles. The lowest BCUT2D eigenvalue weighted by Gasteiger charge is -2.13. The van der Waals surface area contributed by atoms with E-state index in [0.29, 0.717) is 0 Å². The quantitative estimate of drug-likeness (QED) is 0.559. The summed E-state index contributed by atoms with van der Waals surface area (Å²) in [5.74, 6) is -0.949. The Balaban J connectivity index is 2.47. The number of carbonyl (C=O) groups is 1. The molecule has 1 heterocycles. The highest BCUT2D eigenvalue weighted by molar-refractivity contribution is 5.66. The van der Waals surface area contributed by atoms with Gasteiger partial charge in [-0.15, -0.1) is 4.91 Å². The van der Waals surface area contributed by atoms with Gasteiger partial charge in [-0.2, -0.15) is 0 Å². The largest absolute Gasteiger partial charge is 0.481 e. The first-order chi connectivity index (χ1) is 7.22. The predicted molar refractivity (Wildman–Crippen MR) is 52.7 cm³/mol. The van der Waals surface area contributed by atoms with Crippen molar-refractivity contribution in [2.75, 3.05) is 6.54 Å². The first-order valence-corrected chi connectivity index (χ1v) is 4.41. The smallest absolute Gasteiger partial charge is 0.305 e. The molecule has 1 aromatic rings. The Kier molecular flexibility index (Phi) is 4.21. The average molecular weight is 209 g/mol. The molecule has 0 aliphatic rings. The number of aromatic nitrogens is 1. The van der Waals surface area contributed by atoms with Gasteiger partial charge in [0.15, 0.2) is 0 Å². The Hall–Kier alpha value is -1.98. The lowest BCUT2D eigenvalue weighted by Crippen LogP contribution is -2.20. The maximum atomic E-state index is 10.4. The summed E-state index contributed by atoms with van der Waals surface area (Å²) in [5.41, 5.74) is 0.822. The Bertz CT molecular complexity index is 329. The predicted octanol–water partition coefficient (Wildman–Crippen LogP) is 1.04. The number of nitrogens with zero attached hydrogens (tertiary/aromatic N) is 3. The van der Waals surface area contributed by atoms with Gasteiger partial charge in [-0.05, 0) is 11.6 Å². The number of nitroso groups, excluding NO2 is 1. The summed E-state index contributed by atoms with van der Waals surface area (Å²) in [6.45, 7) is 0.387. The van der Waals surface area contributed by atoms with Crippen LogP contribution in [0.1, 0.15) is 12.0 Å². The van der Waals surface area contributed by atoms with Crippen molar-refractivity contribution in [1.29, 1.82) is 0 Å². The SMILES string of the molecule is O=NN(CCC(=O)O)Cc1cccnc1. The molecule has 80 valence electrons. The van der Waals surface area contributed by atoms with Crippen LogP contribution >= 0.6 is 0 Å². The second kappa shape index (κ2) is 5.69. The molecule has 6 heteroatoms. The van der Waals surface area contributed by atoms with E-state index >= 15 is 0 Å². The molecule has 6 nitrogen and oxygen atoms in total. The number of carboxylic acids is 1. The van der Waals surface area contributed by atoms with Crippen molar-refractivity contribution in [2.45, 2.75) is 13.0 Å². The van der Waals surface area contributed by atoms with Crippen molar-refractivity contribution in [3.05, 3.63) is 35.0 Å². The maximum absolute atomic E-state index is 10.4. The van der Waals surface area contributed by atoms with Gasteiger partial charge in [-0.1, -0.05) is 6.07 Å². The zero-order chi connectivity index (χ0) is 11.1. The number of carboxylic acid groups (broad SMARTS) is 1. The molecule has 0 saturated carbocycles. The molecule has 0 aliphatic heterocycles. The summed E-state index contributed by atoms with van der Waals surface area (Å²) >= 11 is 0. The highest BCUT2D eigenvalue weighted by Gasteiger charge is 2.06. The first kappa shape index (κ1) is 11.1. The van der Waals surface area contributed by atoms with E-state index in [4.69, 9.17) is 5.11 Å². The third-order valence-corrected chi connectivity index (χ3v) is 1.79. The summed E-state index contributed by atoms with van der Waals surface area (Å²) in [6, 6.07) is 3.54. The van der Waals surface area contributed by atoms with Crippen LogP contribution in [-0.4, -0.2) is 27.6 Å². The average Bonchev–Trinajstić information content (AvgIpc) is 2.25. The zero-order valence-electron chi connectivity index (χ0n) is 8.04. The fourth-order valence-corrected chi connectivity index (χ4v) is 1.08. The van der Waals surface area contributed by atoms with Gasteiger partial charge in [-0.3, -0.25) is 14.8 Å². The van der Waals surface area contributed by atoms with Crippen LogP contribution in [0.25, 0.3) is 0 Å². The van der Waals surface area contributed by atoms with E-state index in [9.17, 15) is 9.70 Å². The van der Waals surface area contributed by atoms with Crippen LogP contribution in [0.4, 0.5) is 0 Å². The Morgan fingerprint density at radius 2 is 2.40 bits per heavy atom. The molecule has 0 radical (unpaired) electrons. The Morgan fingerprint density at radius 3 is 2.93 bits per heavy atom. The van der Waals surface area contributed by atoms with Crippen LogP contribution < -0.4 is 0 Å². The molecule has 0 spiro atoms. The molecule has 0 unspecified atom stereocenters. The van der Waals surface area contributed by atoms with Crippen molar-refractivity contribution in [3.8, 4) is 0 Å². The molecule has 0 bridgehead atoms. The molecule has 0 amide bonds. The fourth-order valence-electron chi connectivity index (χ4n) is 1.08. The zero-order valence-corrected chi connectivity index (χ0v) is 8.04. The van der Waals surface area contributed by atoms with E-state index in [1.165, 1.54) is 0 Å². The van der Waals surface area contributed by atoms with Crippen LogP contribution in [0.2, 0.25) is 0 Å². The highest BCUT2D eigenvalue weighted by Crippen LogP contribution is 2.03. The van der Waals surface area contributed by atoms with Gasteiger partial charge in [-0.25, -0.2) is 0 Å². The van der Waals surface area contributed by atoms with E-state index in [-0.39, 0.29) is 19.5 Å². The molecule has 0 atom stereocenters. The minimum Gasteiger partial charge on any atom is -0.481 e.